The van der Waals surface area contributed by atoms with Crippen LogP contribution in [-0.4, -0.2) is 13.2 Å². The first-order valence-corrected chi connectivity index (χ1v) is 3.79. The van der Waals surface area contributed by atoms with Gasteiger partial charge in [-0.1, -0.05) is 19.1 Å². The van der Waals surface area contributed by atoms with Crippen molar-refractivity contribution in [3.05, 3.63) is 23.3 Å². The first-order chi connectivity index (χ1) is 4.88. The standard InChI is InChI=1S/C9H14O/c1-3-5-9-7-10-6-8(9)4-2/h3,5H,4,6-7H2,1-2H3/b5-3-. The third-order valence-electron chi connectivity index (χ3n) is 1.78. The molecule has 0 N–H and O–H groups in total. The fourth-order valence-electron chi connectivity index (χ4n) is 1.18. The minimum atomic E-state index is 0.813. The molecule has 1 heteroatoms. The van der Waals surface area contributed by atoms with Crippen molar-refractivity contribution in [2.75, 3.05) is 13.2 Å². The normalized spacial score (nSPS) is 19.4. The second kappa shape index (κ2) is 3.57. The smallest absolute Gasteiger partial charge is 0.0721 e. The lowest BCUT2D eigenvalue weighted by Crippen LogP contribution is -1.83. The van der Waals surface area contributed by atoms with Crippen LogP contribution >= 0.6 is 0 Å². The second-order valence-corrected chi connectivity index (χ2v) is 2.48. The molecule has 0 amide bonds. The van der Waals surface area contributed by atoms with Crippen LogP contribution < -0.4 is 0 Å². The van der Waals surface area contributed by atoms with Crippen molar-refractivity contribution >= 4 is 0 Å². The summed E-state index contributed by atoms with van der Waals surface area (Å²) in [7, 11) is 0. The minimum Gasteiger partial charge on any atom is -0.372 e. The highest BCUT2D eigenvalue weighted by molar-refractivity contribution is 5.29. The van der Waals surface area contributed by atoms with E-state index in [1.54, 1.807) is 0 Å². The first-order valence-electron chi connectivity index (χ1n) is 3.79. The van der Waals surface area contributed by atoms with Crippen LogP contribution in [0.2, 0.25) is 0 Å². The summed E-state index contributed by atoms with van der Waals surface area (Å²) in [5, 5.41) is 0. The van der Waals surface area contributed by atoms with Crippen LogP contribution in [0.4, 0.5) is 0 Å². The summed E-state index contributed by atoms with van der Waals surface area (Å²) in [5.74, 6) is 0. The van der Waals surface area contributed by atoms with Crippen molar-refractivity contribution in [1.29, 1.82) is 0 Å². The van der Waals surface area contributed by atoms with Crippen LogP contribution in [0.5, 0.6) is 0 Å². The summed E-state index contributed by atoms with van der Waals surface area (Å²) in [5.41, 5.74) is 2.84. The lowest BCUT2D eigenvalue weighted by molar-refractivity contribution is 0.204. The Labute approximate surface area is 62.4 Å². The molecule has 0 fully saturated rings. The van der Waals surface area contributed by atoms with E-state index in [0.717, 1.165) is 19.6 Å². The Morgan fingerprint density at radius 2 is 2.30 bits per heavy atom. The molecule has 0 aromatic carbocycles. The first kappa shape index (κ1) is 7.55. The largest absolute Gasteiger partial charge is 0.372 e. The molecule has 0 aliphatic carbocycles. The number of rotatable bonds is 2. The highest BCUT2D eigenvalue weighted by atomic mass is 16.5. The molecule has 0 aromatic rings. The van der Waals surface area contributed by atoms with Crippen molar-refractivity contribution in [1.82, 2.24) is 0 Å². The van der Waals surface area contributed by atoms with Gasteiger partial charge in [-0.25, -0.2) is 0 Å². The van der Waals surface area contributed by atoms with Gasteiger partial charge in [-0.2, -0.15) is 0 Å². The molecular weight excluding hydrogens is 124 g/mol. The van der Waals surface area contributed by atoms with E-state index in [1.165, 1.54) is 11.1 Å². The van der Waals surface area contributed by atoms with E-state index >= 15 is 0 Å². The summed E-state index contributed by atoms with van der Waals surface area (Å²) < 4.78 is 5.29. The van der Waals surface area contributed by atoms with E-state index < -0.39 is 0 Å². The van der Waals surface area contributed by atoms with Crippen LogP contribution in [0.1, 0.15) is 20.3 Å². The predicted molar refractivity (Wildman–Crippen MR) is 43.0 cm³/mol. The van der Waals surface area contributed by atoms with Gasteiger partial charge in [0.25, 0.3) is 0 Å². The third kappa shape index (κ3) is 1.48. The quantitative estimate of drug-likeness (QED) is 0.569. The Balaban J connectivity index is 2.68. The lowest BCUT2D eigenvalue weighted by Gasteiger charge is -1.94. The van der Waals surface area contributed by atoms with Gasteiger partial charge in [0.1, 0.15) is 0 Å². The molecule has 0 radical (unpaired) electrons. The number of hydrogen-bond acceptors (Lipinski definition) is 1. The van der Waals surface area contributed by atoms with Crippen molar-refractivity contribution in [3.8, 4) is 0 Å². The van der Waals surface area contributed by atoms with Crippen LogP contribution in [0.15, 0.2) is 23.3 Å². The maximum absolute atomic E-state index is 5.29. The van der Waals surface area contributed by atoms with Crippen molar-refractivity contribution in [2.24, 2.45) is 0 Å². The molecule has 0 unspecified atom stereocenters. The molecular formula is C9H14O. The predicted octanol–water partition coefficient (Wildman–Crippen LogP) is 2.30. The molecule has 0 saturated carbocycles. The lowest BCUT2D eigenvalue weighted by atomic mass is 10.1. The van der Waals surface area contributed by atoms with E-state index in [4.69, 9.17) is 4.74 Å². The topological polar surface area (TPSA) is 9.23 Å². The van der Waals surface area contributed by atoms with Crippen LogP contribution in [0.25, 0.3) is 0 Å². The zero-order valence-electron chi connectivity index (χ0n) is 6.68. The van der Waals surface area contributed by atoms with E-state index in [1.807, 2.05) is 6.92 Å². The zero-order valence-corrected chi connectivity index (χ0v) is 6.68. The summed E-state index contributed by atoms with van der Waals surface area (Å²) >= 11 is 0. The van der Waals surface area contributed by atoms with Gasteiger partial charge in [-0.15, -0.1) is 0 Å². The average Bonchev–Trinajstić information content (AvgIpc) is 2.36. The Bertz CT molecular complexity index is 166. The molecule has 0 atom stereocenters. The minimum absolute atomic E-state index is 0.813. The molecule has 1 nitrogen and oxygen atoms in total. The molecule has 0 bridgehead atoms. The molecule has 0 spiro atoms. The monoisotopic (exact) mass is 138 g/mol. The highest BCUT2D eigenvalue weighted by Crippen LogP contribution is 2.17. The van der Waals surface area contributed by atoms with Crippen LogP contribution in [0, 0.1) is 0 Å². The van der Waals surface area contributed by atoms with Gasteiger partial charge in [-0.3, -0.25) is 0 Å². The molecule has 1 aliphatic heterocycles. The van der Waals surface area contributed by atoms with Crippen LogP contribution in [0.3, 0.4) is 0 Å². The zero-order chi connectivity index (χ0) is 7.40. The molecule has 0 saturated heterocycles. The SMILES string of the molecule is C/C=C\C1=C(CC)COC1. The van der Waals surface area contributed by atoms with Crippen molar-refractivity contribution < 1.29 is 4.74 Å². The molecule has 0 aromatic heterocycles. The Morgan fingerprint density at radius 3 is 2.90 bits per heavy atom. The Hall–Kier alpha value is -0.560. The van der Waals surface area contributed by atoms with Crippen molar-refractivity contribution in [2.45, 2.75) is 20.3 Å². The van der Waals surface area contributed by atoms with Gasteiger partial charge in [0.05, 0.1) is 13.2 Å². The number of allylic oxidation sites excluding steroid dienone is 1. The fraction of sp³-hybridized carbons (Fsp3) is 0.556. The van der Waals surface area contributed by atoms with Crippen LogP contribution in [-0.2, 0) is 4.74 Å². The average molecular weight is 138 g/mol. The van der Waals surface area contributed by atoms with Gasteiger partial charge in [0, 0.05) is 0 Å². The van der Waals surface area contributed by atoms with E-state index in [0.29, 0.717) is 0 Å². The van der Waals surface area contributed by atoms with Gasteiger partial charge >= 0.3 is 0 Å². The Kier molecular flexibility index (Phi) is 2.69. The maximum atomic E-state index is 5.29. The van der Waals surface area contributed by atoms with Gasteiger partial charge in [-0.05, 0) is 24.5 Å². The highest BCUT2D eigenvalue weighted by Gasteiger charge is 2.09. The second-order valence-electron chi connectivity index (χ2n) is 2.48. The third-order valence-corrected chi connectivity index (χ3v) is 1.78. The van der Waals surface area contributed by atoms with Gasteiger partial charge in [0.15, 0.2) is 0 Å². The summed E-state index contributed by atoms with van der Waals surface area (Å²) in [4.78, 5) is 0. The number of ether oxygens (including phenoxy) is 1. The van der Waals surface area contributed by atoms with Crippen molar-refractivity contribution in [3.63, 3.8) is 0 Å². The van der Waals surface area contributed by atoms with E-state index in [2.05, 4.69) is 19.1 Å². The maximum Gasteiger partial charge on any atom is 0.0721 e. The molecule has 1 heterocycles. The van der Waals surface area contributed by atoms with Gasteiger partial charge < -0.3 is 4.74 Å². The van der Waals surface area contributed by atoms with E-state index in [-0.39, 0.29) is 0 Å². The number of hydrogen-bond donors (Lipinski definition) is 0. The summed E-state index contributed by atoms with van der Waals surface area (Å²) in [6.07, 6.45) is 5.34. The molecule has 1 rings (SSSR count). The molecule has 10 heavy (non-hydrogen) atoms. The fourth-order valence-corrected chi connectivity index (χ4v) is 1.18. The Morgan fingerprint density at radius 1 is 1.50 bits per heavy atom. The molecule has 1 aliphatic rings. The summed E-state index contributed by atoms with van der Waals surface area (Å²) in [6.45, 7) is 5.87. The van der Waals surface area contributed by atoms with Gasteiger partial charge in [0.2, 0.25) is 0 Å². The summed E-state index contributed by atoms with van der Waals surface area (Å²) in [6, 6.07) is 0. The molecule has 56 valence electrons. The van der Waals surface area contributed by atoms with E-state index in [9.17, 15) is 0 Å².